The second-order valence-electron chi connectivity index (χ2n) is 8.26. The van der Waals surface area contributed by atoms with E-state index in [1.807, 2.05) is 30.3 Å². The van der Waals surface area contributed by atoms with Crippen molar-refractivity contribution in [1.82, 2.24) is 9.55 Å². The molecular formula is C29H28N2O2. The van der Waals surface area contributed by atoms with E-state index < -0.39 is 0 Å². The Bertz CT molecular complexity index is 1370. The SMILES string of the molecule is Cc1ccccc1OCc1nc2ccccc2n1CCCCOc1cccc2ccccc12. The van der Waals surface area contributed by atoms with Crippen LogP contribution in [-0.4, -0.2) is 16.2 Å². The average molecular weight is 437 g/mol. The minimum Gasteiger partial charge on any atom is -0.493 e. The Balaban J connectivity index is 1.23. The Morgan fingerprint density at radius 1 is 0.727 bits per heavy atom. The van der Waals surface area contributed by atoms with Gasteiger partial charge in [0.25, 0.3) is 0 Å². The molecule has 33 heavy (non-hydrogen) atoms. The third kappa shape index (κ3) is 4.70. The van der Waals surface area contributed by atoms with Gasteiger partial charge < -0.3 is 14.0 Å². The largest absolute Gasteiger partial charge is 0.493 e. The molecule has 0 unspecified atom stereocenters. The van der Waals surface area contributed by atoms with E-state index in [0.717, 1.165) is 58.7 Å². The molecule has 0 aliphatic carbocycles. The quantitative estimate of drug-likeness (QED) is 0.235. The van der Waals surface area contributed by atoms with Crippen molar-refractivity contribution in [3.05, 3.63) is 102 Å². The third-order valence-electron chi connectivity index (χ3n) is 5.97. The van der Waals surface area contributed by atoms with E-state index in [1.54, 1.807) is 0 Å². The molecule has 4 heteroatoms. The first-order chi connectivity index (χ1) is 16.3. The number of ether oxygens (including phenoxy) is 2. The molecule has 0 spiro atoms. The van der Waals surface area contributed by atoms with Crippen molar-refractivity contribution in [1.29, 1.82) is 0 Å². The summed E-state index contributed by atoms with van der Waals surface area (Å²) in [6.07, 6.45) is 1.97. The maximum Gasteiger partial charge on any atom is 0.147 e. The summed E-state index contributed by atoms with van der Waals surface area (Å²) in [5.74, 6) is 2.81. The van der Waals surface area contributed by atoms with Gasteiger partial charge in [0.15, 0.2) is 0 Å². The zero-order valence-corrected chi connectivity index (χ0v) is 18.9. The molecule has 5 aromatic rings. The molecule has 1 heterocycles. The maximum absolute atomic E-state index is 6.13. The van der Waals surface area contributed by atoms with Gasteiger partial charge in [0.2, 0.25) is 0 Å². The highest BCUT2D eigenvalue weighted by atomic mass is 16.5. The van der Waals surface area contributed by atoms with Gasteiger partial charge in [-0.05, 0) is 55.0 Å². The predicted octanol–water partition coefficient (Wildman–Crippen LogP) is 6.94. The number of para-hydroxylation sites is 3. The molecule has 0 radical (unpaired) electrons. The number of hydrogen-bond donors (Lipinski definition) is 0. The number of nitrogens with zero attached hydrogens (tertiary/aromatic N) is 2. The van der Waals surface area contributed by atoms with Crippen molar-refractivity contribution < 1.29 is 9.47 Å². The number of hydrogen-bond acceptors (Lipinski definition) is 3. The highest BCUT2D eigenvalue weighted by molar-refractivity contribution is 5.88. The molecule has 0 amide bonds. The van der Waals surface area contributed by atoms with Crippen LogP contribution in [0.25, 0.3) is 21.8 Å². The highest BCUT2D eigenvalue weighted by Gasteiger charge is 2.11. The molecule has 4 aromatic carbocycles. The van der Waals surface area contributed by atoms with E-state index in [-0.39, 0.29) is 0 Å². The van der Waals surface area contributed by atoms with Crippen LogP contribution in [0.2, 0.25) is 0 Å². The van der Waals surface area contributed by atoms with Gasteiger partial charge in [0, 0.05) is 11.9 Å². The first kappa shape index (κ1) is 21.1. The topological polar surface area (TPSA) is 36.3 Å². The van der Waals surface area contributed by atoms with Gasteiger partial charge in [-0.25, -0.2) is 4.98 Å². The van der Waals surface area contributed by atoms with Crippen LogP contribution in [0, 0.1) is 6.92 Å². The van der Waals surface area contributed by atoms with Gasteiger partial charge in [-0.3, -0.25) is 0 Å². The van der Waals surface area contributed by atoms with Crippen LogP contribution in [-0.2, 0) is 13.2 Å². The van der Waals surface area contributed by atoms with Gasteiger partial charge in [-0.2, -0.15) is 0 Å². The van der Waals surface area contributed by atoms with Crippen molar-refractivity contribution >= 4 is 21.8 Å². The van der Waals surface area contributed by atoms with E-state index in [0.29, 0.717) is 13.2 Å². The Kier molecular flexibility index (Phi) is 6.25. The Morgan fingerprint density at radius 3 is 2.42 bits per heavy atom. The monoisotopic (exact) mass is 436 g/mol. The number of aryl methyl sites for hydroxylation is 2. The number of imidazole rings is 1. The number of rotatable bonds is 9. The Morgan fingerprint density at radius 2 is 1.48 bits per heavy atom. The summed E-state index contributed by atoms with van der Waals surface area (Å²) in [6.45, 7) is 4.09. The lowest BCUT2D eigenvalue weighted by Gasteiger charge is -2.12. The molecule has 0 fully saturated rings. The average Bonchev–Trinajstić information content (AvgIpc) is 3.21. The van der Waals surface area contributed by atoms with Crippen molar-refractivity contribution in [2.75, 3.05) is 6.61 Å². The van der Waals surface area contributed by atoms with E-state index in [4.69, 9.17) is 14.5 Å². The summed E-state index contributed by atoms with van der Waals surface area (Å²) in [5.41, 5.74) is 3.29. The van der Waals surface area contributed by atoms with Gasteiger partial charge in [0.05, 0.1) is 17.6 Å². The van der Waals surface area contributed by atoms with Gasteiger partial charge in [-0.1, -0.05) is 66.7 Å². The molecule has 166 valence electrons. The van der Waals surface area contributed by atoms with Crippen LogP contribution < -0.4 is 9.47 Å². The fraction of sp³-hybridized carbons (Fsp3) is 0.207. The summed E-state index contributed by atoms with van der Waals surface area (Å²) >= 11 is 0. The van der Waals surface area contributed by atoms with Crippen molar-refractivity contribution in [2.45, 2.75) is 32.9 Å². The molecule has 1 aromatic heterocycles. The first-order valence-electron chi connectivity index (χ1n) is 11.5. The summed E-state index contributed by atoms with van der Waals surface area (Å²) < 4.78 is 14.5. The fourth-order valence-electron chi connectivity index (χ4n) is 4.22. The van der Waals surface area contributed by atoms with E-state index in [2.05, 4.69) is 72.2 Å². The molecule has 5 rings (SSSR count). The zero-order chi connectivity index (χ0) is 22.5. The lowest BCUT2D eigenvalue weighted by atomic mass is 10.1. The van der Waals surface area contributed by atoms with E-state index >= 15 is 0 Å². The van der Waals surface area contributed by atoms with Crippen LogP contribution >= 0.6 is 0 Å². The summed E-state index contributed by atoms with van der Waals surface area (Å²) in [5, 5.41) is 2.37. The van der Waals surface area contributed by atoms with Crippen LogP contribution in [0.1, 0.15) is 24.2 Å². The fourth-order valence-corrected chi connectivity index (χ4v) is 4.22. The number of aromatic nitrogens is 2. The molecule has 4 nitrogen and oxygen atoms in total. The normalized spacial score (nSPS) is 11.2. The number of benzene rings is 4. The molecule has 0 saturated heterocycles. The van der Waals surface area contributed by atoms with Crippen LogP contribution in [0.4, 0.5) is 0 Å². The summed E-state index contributed by atoms with van der Waals surface area (Å²) in [6, 6.07) is 31.0. The lowest BCUT2D eigenvalue weighted by molar-refractivity contribution is 0.284. The van der Waals surface area contributed by atoms with Crippen LogP contribution in [0.3, 0.4) is 0 Å². The second kappa shape index (κ2) is 9.78. The van der Waals surface area contributed by atoms with Crippen molar-refractivity contribution in [3.8, 4) is 11.5 Å². The molecular weight excluding hydrogens is 408 g/mol. The predicted molar refractivity (Wildman–Crippen MR) is 134 cm³/mol. The molecule has 0 N–H and O–H groups in total. The molecule has 0 aliphatic rings. The van der Waals surface area contributed by atoms with Crippen molar-refractivity contribution in [2.24, 2.45) is 0 Å². The number of fused-ring (bicyclic) bond motifs is 2. The third-order valence-corrected chi connectivity index (χ3v) is 5.97. The second-order valence-corrected chi connectivity index (χ2v) is 8.26. The summed E-state index contributed by atoms with van der Waals surface area (Å²) in [4.78, 5) is 4.84. The maximum atomic E-state index is 6.13. The van der Waals surface area contributed by atoms with Gasteiger partial charge in [-0.15, -0.1) is 0 Å². The van der Waals surface area contributed by atoms with Crippen LogP contribution in [0.15, 0.2) is 91.0 Å². The lowest BCUT2D eigenvalue weighted by Crippen LogP contribution is -2.09. The highest BCUT2D eigenvalue weighted by Crippen LogP contribution is 2.25. The molecule has 0 bridgehead atoms. The first-order valence-corrected chi connectivity index (χ1v) is 11.5. The van der Waals surface area contributed by atoms with Crippen molar-refractivity contribution in [3.63, 3.8) is 0 Å². The minimum atomic E-state index is 0.450. The Hall–Kier alpha value is -3.79. The molecule has 0 atom stereocenters. The minimum absolute atomic E-state index is 0.450. The number of unbranched alkanes of at least 4 members (excludes halogenated alkanes) is 1. The molecule has 0 saturated carbocycles. The Labute approximate surface area is 194 Å². The van der Waals surface area contributed by atoms with Crippen LogP contribution in [0.5, 0.6) is 11.5 Å². The molecule has 0 aliphatic heterocycles. The smallest absolute Gasteiger partial charge is 0.147 e. The van der Waals surface area contributed by atoms with Gasteiger partial charge in [0.1, 0.15) is 23.9 Å². The summed E-state index contributed by atoms with van der Waals surface area (Å²) in [7, 11) is 0. The standard InChI is InChI=1S/C29H28N2O2/c1-22-11-2-7-17-27(22)33-21-29-30-25-15-5-6-16-26(25)31(29)19-8-9-20-32-28-18-10-13-23-12-3-4-14-24(23)28/h2-7,10-18H,8-9,19-21H2,1H3. The van der Waals surface area contributed by atoms with Gasteiger partial charge >= 0.3 is 0 Å². The van der Waals surface area contributed by atoms with E-state index in [9.17, 15) is 0 Å². The van der Waals surface area contributed by atoms with E-state index in [1.165, 1.54) is 5.39 Å². The zero-order valence-electron chi connectivity index (χ0n) is 18.9.